The normalized spacial score (nSPS) is 12.7. The van der Waals surface area contributed by atoms with Crippen molar-refractivity contribution in [1.29, 1.82) is 0 Å². The lowest BCUT2D eigenvalue weighted by Crippen LogP contribution is -2.17. The Morgan fingerprint density at radius 1 is 0.900 bits per heavy atom. The Morgan fingerprint density at radius 2 is 1.45 bits per heavy atom. The molecule has 2 nitrogen and oxygen atoms in total. The second kappa shape index (κ2) is 4.88. The highest BCUT2D eigenvalue weighted by molar-refractivity contribution is 7.71. The average Bonchev–Trinajstić information content (AvgIpc) is 2.70. The number of imidazole rings is 1. The van der Waals surface area contributed by atoms with Crippen LogP contribution in [0.4, 0.5) is 0 Å². The molecule has 0 aliphatic carbocycles. The lowest BCUT2D eigenvalue weighted by atomic mass is 9.87. The summed E-state index contributed by atoms with van der Waals surface area (Å²) in [6, 6.07) is 8.69. The van der Waals surface area contributed by atoms with Gasteiger partial charge in [-0.25, -0.2) is 0 Å². The summed E-state index contributed by atoms with van der Waals surface area (Å²) in [6.07, 6.45) is 2.01. The minimum Gasteiger partial charge on any atom is -0.337 e. The van der Waals surface area contributed by atoms with Crippen molar-refractivity contribution in [3.63, 3.8) is 0 Å². The van der Waals surface area contributed by atoms with Crippen LogP contribution in [0.15, 0.2) is 30.5 Å². The van der Waals surface area contributed by atoms with Gasteiger partial charge in [-0.1, -0.05) is 53.7 Å². The number of aromatic nitrogens is 2. The predicted octanol–water partition coefficient (Wildman–Crippen LogP) is 5.13. The van der Waals surface area contributed by atoms with Crippen LogP contribution in [0.5, 0.6) is 0 Å². The molecule has 20 heavy (non-hydrogen) atoms. The number of nitrogens with zero attached hydrogens (tertiary/aromatic N) is 1. The van der Waals surface area contributed by atoms with Crippen LogP contribution in [0.1, 0.15) is 52.8 Å². The monoisotopic (exact) mass is 288 g/mol. The van der Waals surface area contributed by atoms with Crippen LogP contribution in [-0.2, 0) is 10.8 Å². The smallest absolute Gasteiger partial charge is 0.182 e. The van der Waals surface area contributed by atoms with Crippen molar-refractivity contribution in [2.45, 2.75) is 52.4 Å². The first-order chi connectivity index (χ1) is 9.10. The fourth-order valence-corrected chi connectivity index (χ4v) is 2.55. The molecule has 2 rings (SSSR count). The van der Waals surface area contributed by atoms with Crippen molar-refractivity contribution in [3.8, 4) is 5.69 Å². The van der Waals surface area contributed by atoms with E-state index in [1.54, 1.807) is 0 Å². The Bertz CT molecular complexity index is 646. The van der Waals surface area contributed by atoms with E-state index in [1.165, 1.54) is 11.3 Å². The highest BCUT2D eigenvalue weighted by atomic mass is 32.1. The van der Waals surface area contributed by atoms with Crippen molar-refractivity contribution in [3.05, 3.63) is 46.5 Å². The second-order valence-corrected chi connectivity index (χ2v) is 7.75. The summed E-state index contributed by atoms with van der Waals surface area (Å²) in [7, 11) is 0. The van der Waals surface area contributed by atoms with Crippen molar-refractivity contribution in [1.82, 2.24) is 9.55 Å². The van der Waals surface area contributed by atoms with Crippen molar-refractivity contribution in [2.75, 3.05) is 0 Å². The van der Waals surface area contributed by atoms with E-state index in [4.69, 9.17) is 12.2 Å². The van der Waals surface area contributed by atoms with Gasteiger partial charge in [-0.3, -0.25) is 4.57 Å². The fourth-order valence-electron chi connectivity index (χ4n) is 2.29. The van der Waals surface area contributed by atoms with Crippen LogP contribution in [-0.4, -0.2) is 9.55 Å². The molecule has 0 aliphatic heterocycles. The SMILES string of the molecule is CC(C)(C)c1ccc(-n2c(C(C)(C)C)c[nH]c2=S)cc1. The predicted molar refractivity (Wildman–Crippen MR) is 88.4 cm³/mol. The van der Waals surface area contributed by atoms with E-state index in [0.717, 1.165) is 10.5 Å². The summed E-state index contributed by atoms with van der Waals surface area (Å²) < 4.78 is 2.88. The van der Waals surface area contributed by atoms with E-state index in [1.807, 2.05) is 6.20 Å². The number of rotatable bonds is 1. The van der Waals surface area contributed by atoms with E-state index in [2.05, 4.69) is 75.4 Å². The summed E-state index contributed by atoms with van der Waals surface area (Å²) in [4.78, 5) is 3.16. The minimum atomic E-state index is 0.0518. The first-order valence-electron chi connectivity index (χ1n) is 7.02. The Balaban J connectivity index is 2.53. The second-order valence-electron chi connectivity index (χ2n) is 7.36. The van der Waals surface area contributed by atoms with Gasteiger partial charge < -0.3 is 4.98 Å². The zero-order valence-corrected chi connectivity index (χ0v) is 14.1. The maximum atomic E-state index is 5.44. The molecule has 1 aromatic heterocycles. The van der Waals surface area contributed by atoms with Crippen molar-refractivity contribution < 1.29 is 0 Å². The Labute approximate surface area is 126 Å². The summed E-state index contributed by atoms with van der Waals surface area (Å²) in [6.45, 7) is 13.3. The third-order valence-corrected chi connectivity index (χ3v) is 3.84. The lowest BCUT2D eigenvalue weighted by molar-refractivity contribution is 0.555. The van der Waals surface area contributed by atoms with Gasteiger partial charge in [0.25, 0.3) is 0 Å². The minimum absolute atomic E-state index is 0.0518. The number of aromatic amines is 1. The first-order valence-corrected chi connectivity index (χ1v) is 7.43. The molecule has 1 N–H and O–H groups in total. The fraction of sp³-hybridized carbons (Fsp3) is 0.471. The molecule has 0 radical (unpaired) electrons. The molecule has 0 spiro atoms. The average molecular weight is 288 g/mol. The van der Waals surface area contributed by atoms with E-state index >= 15 is 0 Å². The molecule has 3 heteroatoms. The first kappa shape index (κ1) is 15.0. The third kappa shape index (κ3) is 2.88. The zero-order valence-electron chi connectivity index (χ0n) is 13.2. The molecule has 1 heterocycles. The van der Waals surface area contributed by atoms with Crippen LogP contribution < -0.4 is 0 Å². The Morgan fingerprint density at radius 3 is 1.90 bits per heavy atom. The van der Waals surface area contributed by atoms with E-state index in [9.17, 15) is 0 Å². The van der Waals surface area contributed by atoms with Gasteiger partial charge in [-0.2, -0.15) is 0 Å². The molecule has 1 aromatic carbocycles. The summed E-state index contributed by atoms with van der Waals surface area (Å²) >= 11 is 5.44. The van der Waals surface area contributed by atoms with Crippen LogP contribution >= 0.6 is 12.2 Å². The van der Waals surface area contributed by atoms with Gasteiger partial charge in [0.2, 0.25) is 0 Å². The molecular formula is C17H24N2S. The van der Waals surface area contributed by atoms with Gasteiger partial charge in [-0.15, -0.1) is 0 Å². The Hall–Kier alpha value is -1.35. The number of H-pyrrole nitrogens is 1. The molecule has 108 valence electrons. The summed E-state index contributed by atoms with van der Waals surface area (Å²) in [5.41, 5.74) is 3.88. The standard InChI is InChI=1S/C17H24N2S/c1-16(2,3)12-7-9-13(10-8-12)19-14(17(4,5)6)11-18-15(19)20/h7-11H,1-6H3,(H,18,20). The van der Waals surface area contributed by atoms with Crippen LogP contribution in [0.2, 0.25) is 0 Å². The maximum absolute atomic E-state index is 5.44. The molecule has 0 unspecified atom stereocenters. The van der Waals surface area contributed by atoms with Crippen LogP contribution in [0, 0.1) is 4.77 Å². The lowest BCUT2D eigenvalue weighted by Gasteiger charge is -2.22. The molecule has 0 fully saturated rings. The van der Waals surface area contributed by atoms with Gasteiger partial charge in [0, 0.05) is 23.0 Å². The van der Waals surface area contributed by atoms with Crippen molar-refractivity contribution >= 4 is 12.2 Å². The number of hydrogen-bond acceptors (Lipinski definition) is 1. The molecule has 0 amide bonds. The topological polar surface area (TPSA) is 20.7 Å². The number of hydrogen-bond donors (Lipinski definition) is 1. The van der Waals surface area contributed by atoms with E-state index in [0.29, 0.717) is 0 Å². The van der Waals surface area contributed by atoms with E-state index < -0.39 is 0 Å². The van der Waals surface area contributed by atoms with Crippen LogP contribution in [0.3, 0.4) is 0 Å². The largest absolute Gasteiger partial charge is 0.337 e. The zero-order chi connectivity index (χ0) is 15.1. The van der Waals surface area contributed by atoms with E-state index in [-0.39, 0.29) is 10.8 Å². The molecule has 0 atom stereocenters. The third-order valence-electron chi connectivity index (χ3n) is 3.54. The quantitative estimate of drug-likeness (QED) is 0.721. The van der Waals surface area contributed by atoms with Crippen molar-refractivity contribution in [2.24, 2.45) is 0 Å². The molecular weight excluding hydrogens is 264 g/mol. The van der Waals surface area contributed by atoms with Crippen LogP contribution in [0.25, 0.3) is 5.69 Å². The van der Waals surface area contributed by atoms with Gasteiger partial charge >= 0.3 is 0 Å². The van der Waals surface area contributed by atoms with Gasteiger partial charge in [0.1, 0.15) is 0 Å². The number of nitrogens with one attached hydrogen (secondary N) is 1. The van der Waals surface area contributed by atoms with Gasteiger partial charge in [-0.05, 0) is 35.3 Å². The summed E-state index contributed by atoms with van der Waals surface area (Å²) in [5, 5.41) is 0. The Kier molecular flexibility index (Phi) is 3.67. The molecule has 0 bridgehead atoms. The van der Waals surface area contributed by atoms with Gasteiger partial charge in [0.15, 0.2) is 4.77 Å². The molecule has 2 aromatic rings. The maximum Gasteiger partial charge on any atom is 0.182 e. The highest BCUT2D eigenvalue weighted by Gasteiger charge is 2.20. The highest BCUT2D eigenvalue weighted by Crippen LogP contribution is 2.27. The number of benzene rings is 1. The molecule has 0 saturated heterocycles. The van der Waals surface area contributed by atoms with Gasteiger partial charge in [0.05, 0.1) is 0 Å². The molecule has 0 saturated carbocycles. The summed E-state index contributed by atoms with van der Waals surface area (Å²) in [5.74, 6) is 0. The molecule has 0 aliphatic rings.